The topological polar surface area (TPSA) is 41.1 Å². The molecule has 0 aromatic heterocycles. The van der Waals surface area contributed by atoms with E-state index in [1.807, 2.05) is 25.1 Å². The molecule has 1 amide bonds. The van der Waals surface area contributed by atoms with Crippen LogP contribution in [0.1, 0.15) is 29.8 Å². The molecule has 2 N–H and O–H groups in total. The fourth-order valence-corrected chi connectivity index (χ4v) is 2.02. The number of halogens is 2. The van der Waals surface area contributed by atoms with Gasteiger partial charge in [-0.1, -0.05) is 13.0 Å². The molecule has 102 valence electrons. The van der Waals surface area contributed by atoms with Gasteiger partial charge in [-0.25, -0.2) is 0 Å². The van der Waals surface area contributed by atoms with Crippen LogP contribution in [-0.2, 0) is 0 Å². The number of carbonyl (C=O) groups is 1. The molecule has 0 unspecified atom stereocenters. The average Bonchev–Trinajstić information content (AvgIpc) is 2.30. The lowest BCUT2D eigenvalue weighted by atomic mass is 10.1. The van der Waals surface area contributed by atoms with Crippen LogP contribution >= 0.6 is 35.0 Å². The summed E-state index contributed by atoms with van der Waals surface area (Å²) in [6.45, 7) is 7.72. The molecular weight excluding hydrogens is 363 g/mol. The van der Waals surface area contributed by atoms with Crippen LogP contribution in [0.15, 0.2) is 18.2 Å². The Morgan fingerprint density at radius 3 is 2.67 bits per heavy atom. The Morgan fingerprint density at radius 2 is 2.11 bits per heavy atom. The molecule has 0 aliphatic carbocycles. The fraction of sp³-hybridized carbons (Fsp3) is 0.462. The second kappa shape index (κ2) is 8.72. The van der Waals surface area contributed by atoms with E-state index >= 15 is 0 Å². The monoisotopic (exact) mass is 382 g/mol. The Hall–Kier alpha value is -0.330. The van der Waals surface area contributed by atoms with E-state index in [2.05, 4.69) is 47.1 Å². The summed E-state index contributed by atoms with van der Waals surface area (Å²) in [5, 5.41) is 6.18. The number of rotatable bonds is 5. The van der Waals surface area contributed by atoms with E-state index in [4.69, 9.17) is 0 Å². The molecule has 0 saturated carbocycles. The van der Waals surface area contributed by atoms with Crippen molar-refractivity contribution < 1.29 is 4.79 Å². The second-order valence-electron chi connectivity index (χ2n) is 4.13. The van der Waals surface area contributed by atoms with Crippen molar-refractivity contribution >= 4 is 40.9 Å². The molecule has 0 saturated heterocycles. The van der Waals surface area contributed by atoms with E-state index in [1.165, 1.54) is 5.56 Å². The van der Waals surface area contributed by atoms with Crippen molar-refractivity contribution in [2.45, 2.75) is 26.8 Å². The van der Waals surface area contributed by atoms with Gasteiger partial charge in [0.25, 0.3) is 5.91 Å². The highest BCUT2D eigenvalue weighted by molar-refractivity contribution is 14.1. The molecule has 0 aliphatic heterocycles. The Kier molecular flexibility index (Phi) is 8.56. The standard InChI is InChI=1S/C13H19IN2O.ClH/c1-4-15-10(3)8-16-13(17)11-6-5-9(2)12(14)7-11;/h5-7,10,15H,4,8H2,1-3H3,(H,16,17);1H/t10-;/m1./s1. The molecule has 1 atom stereocenters. The molecule has 3 nitrogen and oxygen atoms in total. The number of benzene rings is 1. The highest BCUT2D eigenvalue weighted by Crippen LogP contribution is 2.13. The first kappa shape index (κ1) is 17.7. The lowest BCUT2D eigenvalue weighted by Gasteiger charge is -2.13. The van der Waals surface area contributed by atoms with Gasteiger partial charge in [0.05, 0.1) is 0 Å². The first-order valence-electron chi connectivity index (χ1n) is 5.82. The molecule has 0 heterocycles. The molecule has 0 fully saturated rings. The molecule has 0 bridgehead atoms. The van der Waals surface area contributed by atoms with Gasteiger partial charge in [-0.3, -0.25) is 4.79 Å². The van der Waals surface area contributed by atoms with Gasteiger partial charge < -0.3 is 10.6 Å². The van der Waals surface area contributed by atoms with E-state index in [0.717, 1.165) is 15.7 Å². The quantitative estimate of drug-likeness (QED) is 0.769. The number of nitrogens with one attached hydrogen (secondary N) is 2. The minimum Gasteiger partial charge on any atom is -0.350 e. The maximum atomic E-state index is 11.9. The molecular formula is C13H20ClIN2O. The molecule has 0 aliphatic rings. The summed E-state index contributed by atoms with van der Waals surface area (Å²) in [5.41, 5.74) is 1.92. The van der Waals surface area contributed by atoms with Gasteiger partial charge >= 0.3 is 0 Å². The SMILES string of the molecule is CCN[C@H](C)CNC(=O)c1ccc(C)c(I)c1.Cl. The van der Waals surface area contributed by atoms with Crippen LogP contribution in [-0.4, -0.2) is 25.0 Å². The van der Waals surface area contributed by atoms with Gasteiger partial charge in [-0.05, 0) is 60.7 Å². The van der Waals surface area contributed by atoms with E-state index in [1.54, 1.807) is 0 Å². The maximum absolute atomic E-state index is 11.9. The number of amides is 1. The van der Waals surface area contributed by atoms with Crippen molar-refractivity contribution in [1.29, 1.82) is 0 Å². The molecule has 5 heteroatoms. The van der Waals surface area contributed by atoms with E-state index in [-0.39, 0.29) is 18.3 Å². The third-order valence-corrected chi connectivity index (χ3v) is 3.72. The lowest BCUT2D eigenvalue weighted by molar-refractivity contribution is 0.0950. The van der Waals surface area contributed by atoms with Gasteiger partial charge in [0.15, 0.2) is 0 Å². The molecule has 0 spiro atoms. The highest BCUT2D eigenvalue weighted by Gasteiger charge is 2.08. The van der Waals surface area contributed by atoms with E-state index < -0.39 is 0 Å². The predicted molar refractivity (Wildman–Crippen MR) is 86.6 cm³/mol. The van der Waals surface area contributed by atoms with Crippen LogP contribution in [0.3, 0.4) is 0 Å². The summed E-state index contributed by atoms with van der Waals surface area (Å²) in [6.07, 6.45) is 0. The van der Waals surface area contributed by atoms with Gasteiger partial charge in [0.1, 0.15) is 0 Å². The summed E-state index contributed by atoms with van der Waals surface area (Å²) in [6, 6.07) is 6.06. The largest absolute Gasteiger partial charge is 0.350 e. The van der Waals surface area contributed by atoms with Crippen molar-refractivity contribution in [3.05, 3.63) is 32.9 Å². The summed E-state index contributed by atoms with van der Waals surface area (Å²) in [7, 11) is 0. The van der Waals surface area contributed by atoms with Crippen molar-refractivity contribution in [2.75, 3.05) is 13.1 Å². The smallest absolute Gasteiger partial charge is 0.251 e. The molecule has 0 radical (unpaired) electrons. The molecule has 1 aromatic rings. The summed E-state index contributed by atoms with van der Waals surface area (Å²) >= 11 is 2.25. The average molecular weight is 383 g/mol. The Bertz CT molecular complexity index is 399. The molecule has 18 heavy (non-hydrogen) atoms. The van der Waals surface area contributed by atoms with Crippen molar-refractivity contribution in [1.82, 2.24) is 10.6 Å². The van der Waals surface area contributed by atoms with E-state index in [9.17, 15) is 4.79 Å². The van der Waals surface area contributed by atoms with Gasteiger partial charge in [0.2, 0.25) is 0 Å². The summed E-state index contributed by atoms with van der Waals surface area (Å²) in [5.74, 6) is -0.00679. The first-order valence-corrected chi connectivity index (χ1v) is 6.90. The number of hydrogen-bond donors (Lipinski definition) is 2. The maximum Gasteiger partial charge on any atom is 0.251 e. The Labute approximate surface area is 129 Å². The zero-order valence-corrected chi connectivity index (χ0v) is 13.9. The second-order valence-corrected chi connectivity index (χ2v) is 5.29. The minimum absolute atomic E-state index is 0. The number of likely N-dealkylation sites (N-methyl/N-ethyl adjacent to an activating group) is 1. The van der Waals surface area contributed by atoms with Crippen LogP contribution in [0.25, 0.3) is 0 Å². The number of carbonyl (C=O) groups excluding carboxylic acids is 1. The number of aryl methyl sites for hydroxylation is 1. The van der Waals surface area contributed by atoms with Crippen LogP contribution in [0.5, 0.6) is 0 Å². The van der Waals surface area contributed by atoms with Gasteiger partial charge in [0, 0.05) is 21.7 Å². The first-order chi connectivity index (χ1) is 8.04. The third-order valence-electron chi connectivity index (χ3n) is 2.56. The predicted octanol–water partition coefficient (Wildman–Crippen LogP) is 2.75. The number of hydrogen-bond acceptors (Lipinski definition) is 2. The van der Waals surface area contributed by atoms with Crippen molar-refractivity contribution in [2.24, 2.45) is 0 Å². The summed E-state index contributed by atoms with van der Waals surface area (Å²) < 4.78 is 1.12. The van der Waals surface area contributed by atoms with Crippen LogP contribution in [0.4, 0.5) is 0 Å². The van der Waals surface area contributed by atoms with E-state index in [0.29, 0.717) is 12.6 Å². The van der Waals surface area contributed by atoms with Crippen molar-refractivity contribution in [3.63, 3.8) is 0 Å². The lowest BCUT2D eigenvalue weighted by Crippen LogP contribution is -2.38. The van der Waals surface area contributed by atoms with Gasteiger partial charge in [-0.2, -0.15) is 0 Å². The molecule has 1 rings (SSSR count). The van der Waals surface area contributed by atoms with Crippen LogP contribution in [0.2, 0.25) is 0 Å². The zero-order chi connectivity index (χ0) is 12.8. The minimum atomic E-state index is -0.00679. The third kappa shape index (κ3) is 5.54. The zero-order valence-electron chi connectivity index (χ0n) is 10.9. The Balaban J connectivity index is 0.00000289. The van der Waals surface area contributed by atoms with Crippen molar-refractivity contribution in [3.8, 4) is 0 Å². The normalized spacial score (nSPS) is 11.6. The Morgan fingerprint density at radius 1 is 1.44 bits per heavy atom. The van der Waals surface area contributed by atoms with Gasteiger partial charge in [-0.15, -0.1) is 12.4 Å². The van der Waals surface area contributed by atoms with Crippen LogP contribution in [0, 0.1) is 10.5 Å². The van der Waals surface area contributed by atoms with Crippen LogP contribution < -0.4 is 10.6 Å². The summed E-state index contributed by atoms with van der Waals surface area (Å²) in [4.78, 5) is 11.9. The molecule has 1 aromatic carbocycles. The highest BCUT2D eigenvalue weighted by atomic mass is 127. The fourth-order valence-electron chi connectivity index (χ4n) is 1.50.